The van der Waals surface area contributed by atoms with E-state index in [0.717, 1.165) is 13.1 Å². The number of H-pyrrole nitrogens is 1. The predicted molar refractivity (Wildman–Crippen MR) is 73.2 cm³/mol. The Bertz CT molecular complexity index is 473. The van der Waals surface area contributed by atoms with E-state index < -0.39 is 0 Å². The van der Waals surface area contributed by atoms with Crippen LogP contribution in [0.5, 0.6) is 0 Å². The van der Waals surface area contributed by atoms with Crippen molar-refractivity contribution in [3.8, 4) is 0 Å². The highest BCUT2D eigenvalue weighted by Crippen LogP contribution is 2.16. The van der Waals surface area contributed by atoms with Crippen molar-refractivity contribution < 1.29 is 0 Å². The number of hydrogen-bond acceptors (Lipinski definition) is 2. The fourth-order valence-electron chi connectivity index (χ4n) is 1.90. The molecule has 0 spiro atoms. The van der Waals surface area contributed by atoms with E-state index >= 15 is 0 Å². The number of hydrogen-bond donors (Lipinski definition) is 2. The van der Waals surface area contributed by atoms with Crippen LogP contribution < -0.4 is 5.32 Å². The third-order valence-electron chi connectivity index (χ3n) is 3.32. The smallest absolute Gasteiger partial charge is 0.0457 e. The first-order valence-electron chi connectivity index (χ1n) is 6.10. The van der Waals surface area contributed by atoms with Crippen LogP contribution in [-0.4, -0.2) is 36.6 Å². The first-order chi connectivity index (χ1) is 8.18. The highest BCUT2D eigenvalue weighted by atomic mass is 15.1. The van der Waals surface area contributed by atoms with Gasteiger partial charge in [0.25, 0.3) is 0 Å². The first-order valence-corrected chi connectivity index (χ1v) is 6.10. The van der Waals surface area contributed by atoms with Crippen LogP contribution in [0.4, 0.5) is 0 Å². The zero-order valence-corrected chi connectivity index (χ0v) is 10.8. The Hall–Kier alpha value is -1.32. The van der Waals surface area contributed by atoms with Crippen molar-refractivity contribution >= 4 is 10.9 Å². The predicted octanol–water partition coefficient (Wildman–Crippen LogP) is 2.21. The van der Waals surface area contributed by atoms with Gasteiger partial charge in [-0.15, -0.1) is 0 Å². The second kappa shape index (κ2) is 5.34. The molecule has 3 heteroatoms. The van der Waals surface area contributed by atoms with Gasteiger partial charge in [-0.1, -0.05) is 12.1 Å². The summed E-state index contributed by atoms with van der Waals surface area (Å²) in [6, 6.07) is 9.10. The fraction of sp³-hybridized carbons (Fsp3) is 0.429. The zero-order valence-electron chi connectivity index (χ0n) is 10.8. The van der Waals surface area contributed by atoms with E-state index in [2.05, 4.69) is 60.5 Å². The lowest BCUT2D eigenvalue weighted by molar-refractivity contribution is 0.303. The number of aromatic nitrogens is 1. The minimum Gasteiger partial charge on any atom is -0.361 e. The van der Waals surface area contributed by atoms with Crippen LogP contribution in [0.25, 0.3) is 10.9 Å². The Kier molecular flexibility index (Phi) is 3.82. The lowest BCUT2D eigenvalue weighted by Gasteiger charge is -2.20. The average Bonchev–Trinajstić information content (AvgIpc) is 2.77. The highest BCUT2D eigenvalue weighted by molar-refractivity contribution is 5.82. The quantitative estimate of drug-likeness (QED) is 0.826. The first kappa shape index (κ1) is 12.1. The zero-order chi connectivity index (χ0) is 12.3. The number of nitrogens with zero attached hydrogens (tertiary/aromatic N) is 1. The van der Waals surface area contributed by atoms with E-state index in [1.54, 1.807) is 0 Å². The number of fused-ring (bicyclic) bond motifs is 1. The number of benzene rings is 1. The molecule has 0 fully saturated rings. The molecule has 0 aliphatic rings. The molecule has 0 aliphatic heterocycles. The van der Waals surface area contributed by atoms with Gasteiger partial charge in [0.05, 0.1) is 0 Å². The Morgan fingerprint density at radius 3 is 2.88 bits per heavy atom. The number of rotatable bonds is 5. The molecule has 17 heavy (non-hydrogen) atoms. The third-order valence-corrected chi connectivity index (χ3v) is 3.32. The Labute approximate surface area is 103 Å². The second-order valence-corrected chi connectivity index (χ2v) is 4.80. The van der Waals surface area contributed by atoms with Crippen LogP contribution in [-0.2, 0) is 6.54 Å². The molecule has 3 nitrogen and oxygen atoms in total. The van der Waals surface area contributed by atoms with Crippen LogP contribution in [0.1, 0.15) is 12.5 Å². The molecule has 2 rings (SSSR count). The maximum Gasteiger partial charge on any atom is 0.0457 e. The summed E-state index contributed by atoms with van der Waals surface area (Å²) >= 11 is 0. The standard InChI is InChI=1S/C14H21N3/c1-11(17(2)3)9-15-10-12-5-4-6-14-13(12)7-8-16-14/h4-8,11,15-16H,9-10H2,1-3H3. The summed E-state index contributed by atoms with van der Waals surface area (Å²) in [4.78, 5) is 5.47. The highest BCUT2D eigenvalue weighted by Gasteiger charge is 2.05. The molecule has 0 amide bonds. The Balaban J connectivity index is 1.97. The molecule has 0 bridgehead atoms. The molecule has 1 aromatic carbocycles. The van der Waals surface area contributed by atoms with Crippen LogP contribution in [0.3, 0.4) is 0 Å². The Morgan fingerprint density at radius 1 is 1.29 bits per heavy atom. The number of nitrogens with one attached hydrogen (secondary N) is 2. The van der Waals surface area contributed by atoms with Gasteiger partial charge in [-0.2, -0.15) is 0 Å². The molecule has 92 valence electrons. The molecular formula is C14H21N3. The van der Waals surface area contributed by atoms with Crippen LogP contribution in [0.15, 0.2) is 30.5 Å². The molecule has 1 atom stereocenters. The largest absolute Gasteiger partial charge is 0.361 e. The van der Waals surface area contributed by atoms with E-state index in [-0.39, 0.29) is 0 Å². The van der Waals surface area contributed by atoms with Gasteiger partial charge in [0, 0.05) is 36.2 Å². The molecule has 0 saturated heterocycles. The van der Waals surface area contributed by atoms with Gasteiger partial charge in [-0.05, 0) is 38.7 Å². The van der Waals surface area contributed by atoms with Gasteiger partial charge in [0.2, 0.25) is 0 Å². The van der Waals surface area contributed by atoms with E-state index in [9.17, 15) is 0 Å². The summed E-state index contributed by atoms with van der Waals surface area (Å²) in [6.07, 6.45) is 2.00. The molecule has 1 heterocycles. The van der Waals surface area contributed by atoms with Crippen LogP contribution >= 0.6 is 0 Å². The minimum absolute atomic E-state index is 0.556. The van der Waals surface area contributed by atoms with Crippen molar-refractivity contribution in [3.05, 3.63) is 36.0 Å². The molecule has 0 aliphatic carbocycles. The topological polar surface area (TPSA) is 31.1 Å². The maximum absolute atomic E-state index is 3.51. The summed E-state index contributed by atoms with van der Waals surface area (Å²) in [5.74, 6) is 0. The normalized spacial score (nSPS) is 13.4. The van der Waals surface area contributed by atoms with E-state index in [4.69, 9.17) is 0 Å². The lowest BCUT2D eigenvalue weighted by atomic mass is 10.1. The maximum atomic E-state index is 3.51. The van der Waals surface area contributed by atoms with E-state index in [1.807, 2.05) is 6.20 Å². The van der Waals surface area contributed by atoms with Crippen molar-refractivity contribution in [2.75, 3.05) is 20.6 Å². The van der Waals surface area contributed by atoms with Gasteiger partial charge < -0.3 is 15.2 Å². The molecule has 2 N–H and O–H groups in total. The van der Waals surface area contributed by atoms with Crippen molar-refractivity contribution in [1.29, 1.82) is 0 Å². The van der Waals surface area contributed by atoms with Crippen LogP contribution in [0.2, 0.25) is 0 Å². The molecule has 1 unspecified atom stereocenters. The fourth-order valence-corrected chi connectivity index (χ4v) is 1.90. The van der Waals surface area contributed by atoms with Crippen molar-refractivity contribution in [2.45, 2.75) is 19.5 Å². The summed E-state index contributed by atoms with van der Waals surface area (Å²) in [5.41, 5.74) is 2.57. The van der Waals surface area contributed by atoms with Crippen molar-refractivity contribution in [3.63, 3.8) is 0 Å². The SMILES string of the molecule is CC(CNCc1cccc2[nH]ccc12)N(C)C. The summed E-state index contributed by atoms with van der Waals surface area (Å²) in [6.45, 7) is 4.16. The number of likely N-dealkylation sites (N-methyl/N-ethyl adjacent to an activating group) is 1. The van der Waals surface area contributed by atoms with Crippen molar-refractivity contribution in [2.24, 2.45) is 0 Å². The van der Waals surface area contributed by atoms with Gasteiger partial charge in [-0.25, -0.2) is 0 Å². The number of aromatic amines is 1. The molecule has 2 aromatic rings. The third kappa shape index (κ3) is 2.87. The van der Waals surface area contributed by atoms with Crippen LogP contribution in [0, 0.1) is 0 Å². The Morgan fingerprint density at radius 2 is 2.12 bits per heavy atom. The monoisotopic (exact) mass is 231 g/mol. The summed E-state index contributed by atoms with van der Waals surface area (Å²) in [5, 5.41) is 4.83. The average molecular weight is 231 g/mol. The lowest BCUT2D eigenvalue weighted by Crippen LogP contribution is -2.35. The van der Waals surface area contributed by atoms with Crippen molar-refractivity contribution in [1.82, 2.24) is 15.2 Å². The summed E-state index contributed by atoms with van der Waals surface area (Å²) in [7, 11) is 4.22. The van der Waals surface area contributed by atoms with E-state index in [0.29, 0.717) is 6.04 Å². The van der Waals surface area contributed by atoms with E-state index in [1.165, 1.54) is 16.5 Å². The molecule has 0 radical (unpaired) electrons. The molecular weight excluding hydrogens is 210 g/mol. The van der Waals surface area contributed by atoms with Gasteiger partial charge in [-0.3, -0.25) is 0 Å². The minimum atomic E-state index is 0.556. The molecule has 0 saturated carbocycles. The van der Waals surface area contributed by atoms with Gasteiger partial charge >= 0.3 is 0 Å². The second-order valence-electron chi connectivity index (χ2n) is 4.80. The van der Waals surface area contributed by atoms with Gasteiger partial charge in [0.15, 0.2) is 0 Å². The summed E-state index contributed by atoms with van der Waals surface area (Å²) < 4.78 is 0. The molecule has 1 aromatic heterocycles. The van der Waals surface area contributed by atoms with Gasteiger partial charge in [0.1, 0.15) is 0 Å².